The maximum Gasteiger partial charge on any atom is 0.271 e. The van der Waals surface area contributed by atoms with Gasteiger partial charge in [0.2, 0.25) is 0 Å². The summed E-state index contributed by atoms with van der Waals surface area (Å²) in [6, 6.07) is 14.6. The van der Waals surface area contributed by atoms with Crippen molar-refractivity contribution >= 4 is 27.5 Å². The molecule has 0 unspecified atom stereocenters. The Balaban J connectivity index is 1.99. The van der Waals surface area contributed by atoms with Crippen molar-refractivity contribution in [2.75, 3.05) is 6.61 Å². The molecule has 0 spiro atoms. The molecular weight excluding hydrogens is 356 g/mol. The summed E-state index contributed by atoms with van der Waals surface area (Å²) in [5.41, 5.74) is 4.75. The van der Waals surface area contributed by atoms with Gasteiger partial charge in [0.05, 0.1) is 5.71 Å². The van der Waals surface area contributed by atoms with Crippen LogP contribution in [0.15, 0.2) is 70.8 Å². The molecule has 0 bridgehead atoms. The fourth-order valence-corrected chi connectivity index (χ4v) is 2.08. The van der Waals surface area contributed by atoms with Gasteiger partial charge in [0.1, 0.15) is 12.4 Å². The van der Waals surface area contributed by atoms with E-state index in [4.69, 9.17) is 4.74 Å². The number of ether oxygens (including phenoxy) is 1. The van der Waals surface area contributed by atoms with Crippen molar-refractivity contribution in [2.45, 2.75) is 6.92 Å². The summed E-state index contributed by atoms with van der Waals surface area (Å²) in [7, 11) is 0. The molecule has 0 atom stereocenters. The molecule has 2 aromatic carbocycles. The van der Waals surface area contributed by atoms with Crippen molar-refractivity contribution in [1.82, 2.24) is 5.43 Å². The van der Waals surface area contributed by atoms with E-state index >= 15 is 0 Å². The van der Waals surface area contributed by atoms with Crippen LogP contribution < -0.4 is 10.2 Å². The van der Waals surface area contributed by atoms with Gasteiger partial charge in [-0.15, -0.1) is 0 Å². The van der Waals surface area contributed by atoms with E-state index in [0.29, 0.717) is 17.9 Å². The molecule has 1 amide bonds. The van der Waals surface area contributed by atoms with E-state index in [0.717, 1.165) is 15.7 Å². The van der Waals surface area contributed by atoms with Gasteiger partial charge in [0.15, 0.2) is 0 Å². The van der Waals surface area contributed by atoms with Gasteiger partial charge >= 0.3 is 0 Å². The van der Waals surface area contributed by atoms with Gasteiger partial charge in [0.25, 0.3) is 5.91 Å². The fourth-order valence-electron chi connectivity index (χ4n) is 1.81. The van der Waals surface area contributed by atoms with Gasteiger partial charge in [-0.2, -0.15) is 5.10 Å². The smallest absolute Gasteiger partial charge is 0.271 e. The lowest BCUT2D eigenvalue weighted by Gasteiger charge is -2.05. The molecule has 0 fully saturated rings. The molecule has 0 saturated heterocycles. The monoisotopic (exact) mass is 372 g/mol. The molecular formula is C18H17BrN2O2. The second-order valence-corrected chi connectivity index (χ2v) is 5.68. The standard InChI is InChI=1S/C18H17BrN2O2/c1-3-12-23-17-10-6-15(7-11-17)18(22)21-20-13(2)14-4-8-16(19)9-5-14/h3-11H,1,12H2,2H3,(H,21,22). The third-order valence-corrected chi connectivity index (χ3v) is 3.60. The molecule has 4 nitrogen and oxygen atoms in total. The highest BCUT2D eigenvalue weighted by Gasteiger charge is 2.05. The van der Waals surface area contributed by atoms with Gasteiger partial charge in [-0.25, -0.2) is 5.43 Å². The lowest BCUT2D eigenvalue weighted by molar-refractivity contribution is 0.0955. The second-order valence-electron chi connectivity index (χ2n) is 4.77. The zero-order chi connectivity index (χ0) is 16.7. The van der Waals surface area contributed by atoms with Crippen LogP contribution >= 0.6 is 15.9 Å². The molecule has 0 aliphatic rings. The molecule has 2 rings (SSSR count). The molecule has 0 radical (unpaired) electrons. The first-order valence-electron chi connectivity index (χ1n) is 7.04. The predicted molar refractivity (Wildman–Crippen MR) is 96.0 cm³/mol. The van der Waals surface area contributed by atoms with Gasteiger partial charge in [0, 0.05) is 10.0 Å². The summed E-state index contributed by atoms with van der Waals surface area (Å²) in [5.74, 6) is 0.424. The van der Waals surface area contributed by atoms with Crippen molar-refractivity contribution in [2.24, 2.45) is 5.10 Å². The SMILES string of the molecule is C=CCOc1ccc(C(=O)NN=C(C)c2ccc(Br)cc2)cc1. The summed E-state index contributed by atoms with van der Waals surface area (Å²) < 4.78 is 6.37. The number of amides is 1. The minimum absolute atomic E-state index is 0.267. The Labute approximate surface area is 144 Å². The number of hydrogen-bond donors (Lipinski definition) is 1. The Hall–Kier alpha value is -2.40. The fraction of sp³-hybridized carbons (Fsp3) is 0.111. The summed E-state index contributed by atoms with van der Waals surface area (Å²) >= 11 is 3.38. The average molecular weight is 373 g/mol. The van der Waals surface area contributed by atoms with Crippen LogP contribution in [0.4, 0.5) is 0 Å². The Bertz CT molecular complexity index is 707. The summed E-state index contributed by atoms with van der Waals surface area (Å²) in [6.45, 7) is 5.86. The summed E-state index contributed by atoms with van der Waals surface area (Å²) in [5, 5.41) is 4.13. The lowest BCUT2D eigenvalue weighted by atomic mass is 10.1. The minimum atomic E-state index is -0.267. The number of halogens is 1. The van der Waals surface area contributed by atoms with Crippen molar-refractivity contribution in [3.8, 4) is 5.75 Å². The van der Waals surface area contributed by atoms with Gasteiger partial charge in [-0.05, 0) is 48.9 Å². The van der Waals surface area contributed by atoms with Crippen LogP contribution in [0.2, 0.25) is 0 Å². The molecule has 1 N–H and O–H groups in total. The molecule has 23 heavy (non-hydrogen) atoms. The quantitative estimate of drug-likeness (QED) is 0.470. The van der Waals surface area contributed by atoms with Crippen molar-refractivity contribution in [3.63, 3.8) is 0 Å². The molecule has 2 aromatic rings. The zero-order valence-corrected chi connectivity index (χ0v) is 14.3. The van der Waals surface area contributed by atoms with Crippen LogP contribution in [0.5, 0.6) is 5.75 Å². The Morgan fingerprint density at radius 3 is 2.39 bits per heavy atom. The largest absolute Gasteiger partial charge is 0.490 e. The van der Waals surface area contributed by atoms with Crippen LogP contribution in [0.1, 0.15) is 22.8 Å². The van der Waals surface area contributed by atoms with E-state index in [9.17, 15) is 4.79 Å². The lowest BCUT2D eigenvalue weighted by Crippen LogP contribution is -2.19. The molecule has 0 aliphatic carbocycles. The van der Waals surface area contributed by atoms with Crippen LogP contribution in [-0.2, 0) is 0 Å². The predicted octanol–water partition coefficient (Wildman–Crippen LogP) is 4.17. The Morgan fingerprint density at radius 2 is 1.78 bits per heavy atom. The Kier molecular flexibility index (Phi) is 6.11. The molecule has 118 valence electrons. The highest BCUT2D eigenvalue weighted by atomic mass is 79.9. The maximum absolute atomic E-state index is 12.1. The topological polar surface area (TPSA) is 50.7 Å². The molecule has 0 aromatic heterocycles. The van der Waals surface area contributed by atoms with Crippen LogP contribution in [0.25, 0.3) is 0 Å². The number of nitrogens with zero attached hydrogens (tertiary/aromatic N) is 1. The first-order valence-corrected chi connectivity index (χ1v) is 7.84. The number of hydrogen-bond acceptors (Lipinski definition) is 3. The average Bonchev–Trinajstić information content (AvgIpc) is 2.58. The molecule has 0 heterocycles. The van der Waals surface area contributed by atoms with Gasteiger partial charge < -0.3 is 4.74 Å². The van der Waals surface area contributed by atoms with E-state index in [1.54, 1.807) is 30.3 Å². The number of carbonyl (C=O) groups excluding carboxylic acids is 1. The van der Waals surface area contributed by atoms with E-state index < -0.39 is 0 Å². The molecule has 0 saturated carbocycles. The van der Waals surface area contributed by atoms with Crippen LogP contribution in [-0.4, -0.2) is 18.2 Å². The first kappa shape index (κ1) is 17.0. The number of benzene rings is 2. The van der Waals surface area contributed by atoms with Crippen molar-refractivity contribution in [3.05, 3.63) is 76.8 Å². The van der Waals surface area contributed by atoms with Gasteiger partial charge in [-0.3, -0.25) is 4.79 Å². The third-order valence-electron chi connectivity index (χ3n) is 3.07. The normalized spacial score (nSPS) is 11.0. The minimum Gasteiger partial charge on any atom is -0.490 e. The summed E-state index contributed by atoms with van der Waals surface area (Å²) in [4.78, 5) is 12.1. The second kappa shape index (κ2) is 8.29. The van der Waals surface area contributed by atoms with Crippen molar-refractivity contribution in [1.29, 1.82) is 0 Å². The summed E-state index contributed by atoms with van der Waals surface area (Å²) in [6.07, 6.45) is 1.67. The first-order chi connectivity index (χ1) is 11.1. The third kappa shape index (κ3) is 5.07. The number of carbonyl (C=O) groups is 1. The maximum atomic E-state index is 12.1. The van der Waals surface area contributed by atoms with E-state index in [-0.39, 0.29) is 5.91 Å². The zero-order valence-electron chi connectivity index (χ0n) is 12.8. The van der Waals surface area contributed by atoms with Crippen LogP contribution in [0, 0.1) is 0 Å². The molecule has 5 heteroatoms. The highest BCUT2D eigenvalue weighted by Crippen LogP contribution is 2.13. The number of nitrogens with one attached hydrogen (secondary N) is 1. The molecule has 0 aliphatic heterocycles. The number of rotatable bonds is 6. The van der Waals surface area contributed by atoms with E-state index in [2.05, 4.69) is 33.0 Å². The number of hydrazone groups is 1. The van der Waals surface area contributed by atoms with Crippen LogP contribution in [0.3, 0.4) is 0 Å². The van der Waals surface area contributed by atoms with Gasteiger partial charge in [-0.1, -0.05) is 40.7 Å². The van der Waals surface area contributed by atoms with E-state index in [1.807, 2.05) is 31.2 Å². The highest BCUT2D eigenvalue weighted by molar-refractivity contribution is 9.10. The Morgan fingerprint density at radius 1 is 1.17 bits per heavy atom. The van der Waals surface area contributed by atoms with Crippen molar-refractivity contribution < 1.29 is 9.53 Å². The van der Waals surface area contributed by atoms with E-state index in [1.165, 1.54) is 0 Å².